The second kappa shape index (κ2) is 6.57. The molecule has 0 unspecified atom stereocenters. The number of piperidine rings is 1. The molecule has 0 aliphatic carbocycles. The maximum atomic E-state index is 8.69. The molecule has 3 N–H and O–H groups in total. The van der Waals surface area contributed by atoms with Gasteiger partial charge in [-0.1, -0.05) is 36.3 Å². The minimum atomic E-state index is 0.240. The lowest BCUT2D eigenvalue weighted by molar-refractivity contribution is 0.198. The molecule has 1 saturated heterocycles. The van der Waals surface area contributed by atoms with Gasteiger partial charge in [-0.25, -0.2) is 0 Å². The van der Waals surface area contributed by atoms with Gasteiger partial charge < -0.3 is 10.9 Å². The van der Waals surface area contributed by atoms with Crippen molar-refractivity contribution < 1.29 is 5.21 Å². The molecule has 0 bridgehead atoms. The van der Waals surface area contributed by atoms with E-state index in [0.717, 1.165) is 38.9 Å². The van der Waals surface area contributed by atoms with Crippen molar-refractivity contribution >= 4 is 5.84 Å². The number of rotatable bonds is 4. The first-order chi connectivity index (χ1) is 9.22. The first-order valence-electron chi connectivity index (χ1n) is 7.00. The van der Waals surface area contributed by atoms with Crippen LogP contribution in [0.15, 0.2) is 29.4 Å². The molecule has 4 nitrogen and oxygen atoms in total. The molecule has 0 atom stereocenters. The Bertz CT molecular complexity index is 420. The first-order valence-corrected chi connectivity index (χ1v) is 7.00. The molecule has 1 aliphatic rings. The first kappa shape index (κ1) is 13.9. The Morgan fingerprint density at radius 1 is 1.26 bits per heavy atom. The zero-order valence-corrected chi connectivity index (χ0v) is 11.5. The Morgan fingerprint density at radius 2 is 1.84 bits per heavy atom. The number of hydrogen-bond donors (Lipinski definition) is 2. The predicted octanol–water partition coefficient (Wildman–Crippen LogP) is 2.21. The number of benzene rings is 1. The van der Waals surface area contributed by atoms with Gasteiger partial charge in [-0.05, 0) is 43.5 Å². The summed E-state index contributed by atoms with van der Waals surface area (Å²) in [6.07, 6.45) is 3.04. The number of nitrogens with zero attached hydrogens (tertiary/aromatic N) is 2. The van der Waals surface area contributed by atoms with Crippen molar-refractivity contribution in [1.29, 1.82) is 0 Å². The molecule has 1 aliphatic heterocycles. The fourth-order valence-electron chi connectivity index (χ4n) is 2.61. The number of hydrogen-bond acceptors (Lipinski definition) is 3. The minimum Gasteiger partial charge on any atom is -0.409 e. The van der Waals surface area contributed by atoms with Crippen LogP contribution < -0.4 is 5.73 Å². The van der Waals surface area contributed by atoms with E-state index in [2.05, 4.69) is 41.2 Å². The molecule has 0 saturated carbocycles. The van der Waals surface area contributed by atoms with Crippen LogP contribution >= 0.6 is 0 Å². The SMILES string of the molecule is CCc1ccc(CN2CCC(C(N)=NO)CC2)cc1. The van der Waals surface area contributed by atoms with E-state index in [-0.39, 0.29) is 5.92 Å². The molecule has 0 amide bonds. The van der Waals surface area contributed by atoms with Gasteiger partial charge in [0.15, 0.2) is 0 Å². The summed E-state index contributed by atoms with van der Waals surface area (Å²) in [5.41, 5.74) is 8.40. The summed E-state index contributed by atoms with van der Waals surface area (Å²) in [6.45, 7) is 5.19. The van der Waals surface area contributed by atoms with E-state index < -0.39 is 0 Å². The van der Waals surface area contributed by atoms with E-state index in [1.54, 1.807) is 0 Å². The second-order valence-corrected chi connectivity index (χ2v) is 5.25. The van der Waals surface area contributed by atoms with Crippen molar-refractivity contribution in [2.45, 2.75) is 32.7 Å². The molecular formula is C15H23N3O. The predicted molar refractivity (Wildman–Crippen MR) is 77.2 cm³/mol. The Kier molecular flexibility index (Phi) is 4.80. The quantitative estimate of drug-likeness (QED) is 0.378. The topological polar surface area (TPSA) is 61.8 Å². The molecule has 19 heavy (non-hydrogen) atoms. The number of amidine groups is 1. The molecule has 0 spiro atoms. The monoisotopic (exact) mass is 261 g/mol. The lowest BCUT2D eigenvalue weighted by Crippen LogP contribution is -2.38. The van der Waals surface area contributed by atoms with Crippen molar-refractivity contribution in [3.8, 4) is 0 Å². The molecule has 1 aromatic rings. The van der Waals surface area contributed by atoms with Crippen LogP contribution in [0.5, 0.6) is 0 Å². The summed E-state index contributed by atoms with van der Waals surface area (Å²) < 4.78 is 0. The van der Waals surface area contributed by atoms with Gasteiger partial charge in [0.25, 0.3) is 0 Å². The fraction of sp³-hybridized carbons (Fsp3) is 0.533. The van der Waals surface area contributed by atoms with Crippen molar-refractivity contribution in [3.05, 3.63) is 35.4 Å². The van der Waals surface area contributed by atoms with E-state index in [4.69, 9.17) is 10.9 Å². The van der Waals surface area contributed by atoms with E-state index in [1.807, 2.05) is 0 Å². The molecule has 4 heteroatoms. The third-order valence-corrected chi connectivity index (χ3v) is 3.96. The average molecular weight is 261 g/mol. The van der Waals surface area contributed by atoms with Crippen LogP contribution in [0.25, 0.3) is 0 Å². The van der Waals surface area contributed by atoms with E-state index in [9.17, 15) is 0 Å². The van der Waals surface area contributed by atoms with Gasteiger partial charge in [0.1, 0.15) is 5.84 Å². The highest BCUT2D eigenvalue weighted by Gasteiger charge is 2.22. The molecule has 1 aromatic carbocycles. The molecule has 1 heterocycles. The highest BCUT2D eigenvalue weighted by atomic mass is 16.4. The van der Waals surface area contributed by atoms with E-state index in [1.165, 1.54) is 11.1 Å². The largest absolute Gasteiger partial charge is 0.409 e. The van der Waals surface area contributed by atoms with Gasteiger partial charge in [-0.2, -0.15) is 0 Å². The Morgan fingerprint density at radius 3 is 2.37 bits per heavy atom. The van der Waals surface area contributed by atoms with Gasteiger partial charge in [-0.3, -0.25) is 4.90 Å². The molecule has 0 aromatic heterocycles. The Hall–Kier alpha value is -1.55. The zero-order valence-electron chi connectivity index (χ0n) is 11.5. The summed E-state index contributed by atoms with van der Waals surface area (Å²) >= 11 is 0. The number of oxime groups is 1. The number of likely N-dealkylation sites (tertiary alicyclic amines) is 1. The molecule has 2 rings (SSSR count). The van der Waals surface area contributed by atoms with Gasteiger partial charge in [-0.15, -0.1) is 0 Å². The smallest absolute Gasteiger partial charge is 0.142 e. The second-order valence-electron chi connectivity index (χ2n) is 5.25. The van der Waals surface area contributed by atoms with Crippen LogP contribution in [0.3, 0.4) is 0 Å². The van der Waals surface area contributed by atoms with E-state index >= 15 is 0 Å². The normalized spacial score (nSPS) is 18.7. The third kappa shape index (κ3) is 3.70. The Balaban J connectivity index is 1.85. The Labute approximate surface area is 114 Å². The van der Waals surface area contributed by atoms with Crippen LogP contribution in [0.4, 0.5) is 0 Å². The maximum absolute atomic E-state index is 8.69. The average Bonchev–Trinajstić information content (AvgIpc) is 2.48. The van der Waals surface area contributed by atoms with Crippen LogP contribution in [0.1, 0.15) is 30.9 Å². The molecular weight excluding hydrogens is 238 g/mol. The van der Waals surface area contributed by atoms with Gasteiger partial charge in [0, 0.05) is 12.5 Å². The van der Waals surface area contributed by atoms with Gasteiger partial charge in [0.2, 0.25) is 0 Å². The summed E-state index contributed by atoms with van der Waals surface area (Å²) in [5, 5.41) is 11.8. The van der Waals surface area contributed by atoms with E-state index in [0.29, 0.717) is 5.84 Å². The van der Waals surface area contributed by atoms with Crippen molar-refractivity contribution in [2.75, 3.05) is 13.1 Å². The number of nitrogens with two attached hydrogens (primary N) is 1. The van der Waals surface area contributed by atoms with Crippen LogP contribution in [0.2, 0.25) is 0 Å². The maximum Gasteiger partial charge on any atom is 0.142 e. The lowest BCUT2D eigenvalue weighted by Gasteiger charge is -2.31. The van der Waals surface area contributed by atoms with Crippen molar-refractivity contribution in [2.24, 2.45) is 16.8 Å². The highest BCUT2D eigenvalue weighted by Crippen LogP contribution is 2.19. The van der Waals surface area contributed by atoms with Gasteiger partial charge in [0.05, 0.1) is 0 Å². The third-order valence-electron chi connectivity index (χ3n) is 3.96. The molecule has 0 radical (unpaired) electrons. The number of aryl methyl sites for hydroxylation is 1. The molecule has 104 valence electrons. The minimum absolute atomic E-state index is 0.240. The van der Waals surface area contributed by atoms with Crippen molar-refractivity contribution in [1.82, 2.24) is 4.90 Å². The summed E-state index contributed by atoms with van der Waals surface area (Å²) in [6, 6.07) is 8.85. The van der Waals surface area contributed by atoms with Crippen LogP contribution in [0, 0.1) is 5.92 Å². The van der Waals surface area contributed by atoms with Gasteiger partial charge >= 0.3 is 0 Å². The lowest BCUT2D eigenvalue weighted by atomic mass is 9.95. The van der Waals surface area contributed by atoms with Crippen LogP contribution in [-0.2, 0) is 13.0 Å². The summed E-state index contributed by atoms with van der Waals surface area (Å²) in [7, 11) is 0. The van der Waals surface area contributed by atoms with Crippen LogP contribution in [-0.4, -0.2) is 29.0 Å². The van der Waals surface area contributed by atoms with Crippen molar-refractivity contribution in [3.63, 3.8) is 0 Å². The fourth-order valence-corrected chi connectivity index (χ4v) is 2.61. The highest BCUT2D eigenvalue weighted by molar-refractivity contribution is 5.82. The standard InChI is InChI=1S/C15H23N3O/c1-2-12-3-5-13(6-4-12)11-18-9-7-14(8-10-18)15(16)17-19/h3-6,14,19H,2,7-11H2,1H3,(H2,16,17). The summed E-state index contributed by atoms with van der Waals surface area (Å²) in [4.78, 5) is 2.43. The zero-order chi connectivity index (χ0) is 13.7. The summed E-state index contributed by atoms with van der Waals surface area (Å²) in [5.74, 6) is 0.621. The molecule has 1 fully saturated rings.